The number of allylic oxidation sites excluding steroid dienone is 1. The molecular weight excluding hydrogens is 419 g/mol. The minimum Gasteiger partial charge on any atom is -0.206 e. The highest BCUT2D eigenvalue weighted by molar-refractivity contribution is 5.52. The third kappa shape index (κ3) is 7.59. The first-order valence-electron chi connectivity index (χ1n) is 12.5. The van der Waals surface area contributed by atoms with Crippen LogP contribution in [-0.2, 0) is 6.42 Å². The SMILES string of the molecule is CCC1CCC(C2CCC(CCCCc3cc(F)c(/C=C/C(F)(F)F)c(F)c3)CC2)CC1. The van der Waals surface area contributed by atoms with Crippen LogP contribution in [0.15, 0.2) is 18.2 Å². The van der Waals surface area contributed by atoms with Gasteiger partial charge in [-0.1, -0.05) is 51.9 Å². The van der Waals surface area contributed by atoms with E-state index in [0.29, 0.717) is 18.1 Å². The zero-order chi connectivity index (χ0) is 23.1. The van der Waals surface area contributed by atoms with Gasteiger partial charge in [-0.3, -0.25) is 0 Å². The molecule has 0 nitrogen and oxygen atoms in total. The maximum Gasteiger partial charge on any atom is 0.409 e. The second-order valence-corrected chi connectivity index (χ2v) is 10.1. The second kappa shape index (κ2) is 11.7. The van der Waals surface area contributed by atoms with E-state index in [1.165, 1.54) is 57.8 Å². The van der Waals surface area contributed by atoms with Crippen LogP contribution < -0.4 is 0 Å². The number of benzene rings is 1. The molecule has 0 saturated heterocycles. The van der Waals surface area contributed by atoms with Gasteiger partial charge in [0, 0.05) is 11.6 Å². The summed E-state index contributed by atoms with van der Waals surface area (Å²) in [5.74, 6) is 1.70. The highest BCUT2D eigenvalue weighted by atomic mass is 19.4. The van der Waals surface area contributed by atoms with Gasteiger partial charge in [0.05, 0.1) is 0 Å². The van der Waals surface area contributed by atoms with Crippen molar-refractivity contribution in [3.8, 4) is 0 Å². The van der Waals surface area contributed by atoms with Crippen LogP contribution in [0, 0.1) is 35.3 Å². The molecular formula is C27H37F5. The number of rotatable bonds is 8. The normalized spacial score (nSPS) is 27.2. The smallest absolute Gasteiger partial charge is 0.206 e. The van der Waals surface area contributed by atoms with Gasteiger partial charge in [0.15, 0.2) is 0 Å². The Labute approximate surface area is 189 Å². The molecule has 1 aromatic rings. The molecule has 32 heavy (non-hydrogen) atoms. The molecule has 0 radical (unpaired) electrons. The van der Waals surface area contributed by atoms with Gasteiger partial charge in [-0.2, -0.15) is 13.2 Å². The van der Waals surface area contributed by atoms with Gasteiger partial charge < -0.3 is 0 Å². The fourth-order valence-electron chi connectivity index (χ4n) is 5.90. The highest BCUT2D eigenvalue weighted by Crippen LogP contribution is 2.42. The van der Waals surface area contributed by atoms with Gasteiger partial charge in [-0.15, -0.1) is 0 Å². The summed E-state index contributed by atoms with van der Waals surface area (Å²) < 4.78 is 64.9. The average molecular weight is 457 g/mol. The zero-order valence-corrected chi connectivity index (χ0v) is 19.2. The molecule has 0 aromatic heterocycles. The average Bonchev–Trinajstić information content (AvgIpc) is 2.76. The minimum atomic E-state index is -4.59. The molecule has 0 amide bonds. The molecule has 2 fully saturated rings. The molecule has 0 unspecified atom stereocenters. The van der Waals surface area contributed by atoms with E-state index in [0.717, 1.165) is 55.1 Å². The van der Waals surface area contributed by atoms with Gasteiger partial charge in [0.1, 0.15) is 11.6 Å². The topological polar surface area (TPSA) is 0 Å². The number of hydrogen-bond donors (Lipinski definition) is 0. The molecule has 0 spiro atoms. The fourth-order valence-corrected chi connectivity index (χ4v) is 5.90. The summed E-state index contributed by atoms with van der Waals surface area (Å²) in [7, 11) is 0. The summed E-state index contributed by atoms with van der Waals surface area (Å²) in [6, 6.07) is 2.33. The molecule has 5 heteroatoms. The van der Waals surface area contributed by atoms with Crippen molar-refractivity contribution in [2.45, 2.75) is 96.6 Å². The van der Waals surface area contributed by atoms with Gasteiger partial charge in [-0.25, -0.2) is 8.78 Å². The van der Waals surface area contributed by atoms with Gasteiger partial charge in [-0.05, 0) is 86.0 Å². The predicted octanol–water partition coefficient (Wildman–Crippen LogP) is 9.28. The number of unbranched alkanes of at least 4 members (excludes halogenated alkanes) is 1. The summed E-state index contributed by atoms with van der Waals surface area (Å²) in [4.78, 5) is 0. The quantitative estimate of drug-likeness (QED) is 0.270. The largest absolute Gasteiger partial charge is 0.409 e. The standard InChI is InChI=1S/C27H37F5/c1-2-19-7-11-22(12-8-19)23-13-9-20(10-14-23)5-3-4-6-21-17-25(28)24(26(29)18-21)15-16-27(30,31)32/h15-20,22-23H,2-14H2,1H3/b16-15+. The number of halogens is 5. The lowest BCUT2D eigenvalue weighted by molar-refractivity contribution is -0.0790. The Kier molecular flexibility index (Phi) is 9.19. The van der Waals surface area contributed by atoms with Crippen molar-refractivity contribution in [1.82, 2.24) is 0 Å². The van der Waals surface area contributed by atoms with Crippen LogP contribution in [0.3, 0.4) is 0 Å². The molecule has 0 bridgehead atoms. The molecule has 0 atom stereocenters. The van der Waals surface area contributed by atoms with Crippen molar-refractivity contribution in [3.05, 3.63) is 41.0 Å². The summed E-state index contributed by atoms with van der Waals surface area (Å²) in [6.45, 7) is 2.31. The van der Waals surface area contributed by atoms with E-state index in [9.17, 15) is 22.0 Å². The predicted molar refractivity (Wildman–Crippen MR) is 120 cm³/mol. The number of aryl methyl sites for hydroxylation is 1. The lowest BCUT2D eigenvalue weighted by Crippen LogP contribution is -2.25. The summed E-state index contributed by atoms with van der Waals surface area (Å²) >= 11 is 0. The number of alkyl halides is 3. The summed E-state index contributed by atoms with van der Waals surface area (Å²) in [5, 5.41) is 0. The summed E-state index contributed by atoms with van der Waals surface area (Å²) in [5.41, 5.74) is -0.124. The van der Waals surface area contributed by atoms with Gasteiger partial charge in [0.25, 0.3) is 0 Å². The first-order chi connectivity index (χ1) is 15.2. The molecule has 180 valence electrons. The van der Waals surface area contributed by atoms with Gasteiger partial charge in [0.2, 0.25) is 0 Å². The van der Waals surface area contributed by atoms with E-state index in [2.05, 4.69) is 6.92 Å². The Morgan fingerprint density at radius 2 is 1.34 bits per heavy atom. The van der Waals surface area contributed by atoms with Crippen molar-refractivity contribution in [1.29, 1.82) is 0 Å². The Balaban J connectivity index is 1.37. The van der Waals surface area contributed by atoms with Crippen LogP contribution >= 0.6 is 0 Å². The van der Waals surface area contributed by atoms with Crippen molar-refractivity contribution >= 4 is 6.08 Å². The van der Waals surface area contributed by atoms with Crippen molar-refractivity contribution in [2.75, 3.05) is 0 Å². The van der Waals surface area contributed by atoms with Crippen molar-refractivity contribution in [3.63, 3.8) is 0 Å². The van der Waals surface area contributed by atoms with E-state index in [1.54, 1.807) is 0 Å². The second-order valence-electron chi connectivity index (χ2n) is 10.1. The molecule has 0 heterocycles. The molecule has 2 aliphatic rings. The van der Waals surface area contributed by atoms with Crippen LogP contribution in [0.5, 0.6) is 0 Å². The van der Waals surface area contributed by atoms with E-state index >= 15 is 0 Å². The number of hydrogen-bond acceptors (Lipinski definition) is 0. The summed E-state index contributed by atoms with van der Waals surface area (Å²) in [6.07, 6.45) is 11.6. The van der Waals surface area contributed by atoms with Crippen LogP contribution in [0.2, 0.25) is 0 Å². The Morgan fingerprint density at radius 3 is 1.84 bits per heavy atom. The lowest BCUT2D eigenvalue weighted by Gasteiger charge is -2.37. The minimum absolute atomic E-state index is 0.140. The lowest BCUT2D eigenvalue weighted by atomic mass is 9.68. The fraction of sp³-hybridized carbons (Fsp3) is 0.704. The van der Waals surface area contributed by atoms with Gasteiger partial charge >= 0.3 is 6.18 Å². The maximum absolute atomic E-state index is 14.1. The first kappa shape index (κ1) is 25.2. The zero-order valence-electron chi connectivity index (χ0n) is 19.2. The van der Waals surface area contributed by atoms with Crippen LogP contribution in [-0.4, -0.2) is 6.18 Å². The van der Waals surface area contributed by atoms with E-state index in [-0.39, 0.29) is 6.08 Å². The van der Waals surface area contributed by atoms with E-state index < -0.39 is 23.4 Å². The van der Waals surface area contributed by atoms with E-state index in [1.807, 2.05) is 0 Å². The Hall–Kier alpha value is -1.39. The van der Waals surface area contributed by atoms with Crippen LogP contribution in [0.25, 0.3) is 6.08 Å². The monoisotopic (exact) mass is 456 g/mol. The van der Waals surface area contributed by atoms with E-state index in [4.69, 9.17) is 0 Å². The Bertz CT molecular complexity index is 712. The van der Waals surface area contributed by atoms with Crippen molar-refractivity contribution in [2.24, 2.45) is 23.7 Å². The molecule has 2 aliphatic carbocycles. The molecule has 0 aliphatic heterocycles. The molecule has 2 saturated carbocycles. The molecule has 0 N–H and O–H groups in total. The molecule has 3 rings (SSSR count). The third-order valence-corrected chi connectivity index (χ3v) is 7.93. The van der Waals surface area contributed by atoms with Crippen LogP contribution in [0.1, 0.15) is 95.1 Å². The maximum atomic E-state index is 14.1. The third-order valence-electron chi connectivity index (χ3n) is 7.93. The Morgan fingerprint density at radius 1 is 0.812 bits per heavy atom. The van der Waals surface area contributed by atoms with Crippen LogP contribution in [0.4, 0.5) is 22.0 Å². The first-order valence-corrected chi connectivity index (χ1v) is 12.5. The molecule has 1 aromatic carbocycles. The highest BCUT2D eigenvalue weighted by Gasteiger charge is 2.30. The van der Waals surface area contributed by atoms with Crippen molar-refractivity contribution < 1.29 is 22.0 Å².